The zero-order valence-electron chi connectivity index (χ0n) is 14.4. The van der Waals surface area contributed by atoms with Gasteiger partial charge in [-0.1, -0.05) is 11.6 Å². The van der Waals surface area contributed by atoms with Crippen LogP contribution >= 0.6 is 11.6 Å². The number of halogens is 1. The van der Waals surface area contributed by atoms with E-state index in [1.807, 2.05) is 0 Å². The molecule has 3 aromatic carbocycles. The number of carbonyl (C=O) groups is 2. The predicted octanol–water partition coefficient (Wildman–Crippen LogP) is 5.15. The maximum Gasteiger partial charge on any atom is 0.362 e. The quantitative estimate of drug-likeness (QED) is 0.459. The summed E-state index contributed by atoms with van der Waals surface area (Å²) in [6.07, 6.45) is 0. The number of carbonyl (C=O) groups excluding carboxylic acids is 2. The molecule has 0 bridgehead atoms. The van der Waals surface area contributed by atoms with E-state index in [0.29, 0.717) is 27.5 Å². The van der Waals surface area contributed by atoms with Crippen LogP contribution in [0.1, 0.15) is 20.7 Å². The van der Waals surface area contributed by atoms with Gasteiger partial charge in [0.1, 0.15) is 5.75 Å². The van der Waals surface area contributed by atoms with Crippen LogP contribution in [0.25, 0.3) is 0 Å². The van der Waals surface area contributed by atoms with Crippen LogP contribution in [0, 0.1) is 0 Å². The summed E-state index contributed by atoms with van der Waals surface area (Å²) in [5.41, 5.74) is 4.17. The summed E-state index contributed by atoms with van der Waals surface area (Å²) in [6, 6.07) is 18.5. The number of aromatic hydroxyl groups is 1. The van der Waals surface area contributed by atoms with Crippen molar-refractivity contribution in [1.29, 1.82) is 0 Å². The van der Waals surface area contributed by atoms with Gasteiger partial charge in [-0.05, 0) is 72.8 Å². The maximum atomic E-state index is 11.9. The van der Waals surface area contributed by atoms with Crippen LogP contribution in [0.5, 0.6) is 5.75 Å². The van der Waals surface area contributed by atoms with E-state index < -0.39 is 11.9 Å². The summed E-state index contributed by atoms with van der Waals surface area (Å²) >= 11 is 5.77. The SMILES string of the molecule is O=C(N=Nc1ccc(NOC(=O)c2ccc(Cl)cc2)cc1)c1ccc(O)cc1. The molecule has 0 aliphatic heterocycles. The highest BCUT2D eigenvalue weighted by molar-refractivity contribution is 6.30. The molecule has 7 nitrogen and oxygen atoms in total. The van der Waals surface area contributed by atoms with Crippen molar-refractivity contribution in [3.05, 3.63) is 88.9 Å². The Hall–Kier alpha value is -3.71. The van der Waals surface area contributed by atoms with E-state index in [2.05, 4.69) is 15.7 Å². The Morgan fingerprint density at radius 2 is 1.46 bits per heavy atom. The van der Waals surface area contributed by atoms with Crippen molar-refractivity contribution in [2.24, 2.45) is 10.2 Å². The van der Waals surface area contributed by atoms with Gasteiger partial charge in [0.25, 0.3) is 5.91 Å². The Kier molecular flexibility index (Phi) is 5.98. The van der Waals surface area contributed by atoms with Crippen LogP contribution in [0.4, 0.5) is 11.4 Å². The summed E-state index contributed by atoms with van der Waals surface area (Å²) < 4.78 is 0. The van der Waals surface area contributed by atoms with E-state index in [-0.39, 0.29) is 5.75 Å². The van der Waals surface area contributed by atoms with Crippen LogP contribution in [-0.4, -0.2) is 17.0 Å². The zero-order valence-corrected chi connectivity index (χ0v) is 15.1. The van der Waals surface area contributed by atoms with Crippen LogP contribution in [-0.2, 0) is 4.84 Å². The molecule has 2 N–H and O–H groups in total. The smallest absolute Gasteiger partial charge is 0.362 e. The highest BCUT2D eigenvalue weighted by atomic mass is 35.5. The maximum absolute atomic E-state index is 11.9. The van der Waals surface area contributed by atoms with Crippen LogP contribution < -0.4 is 5.48 Å². The summed E-state index contributed by atoms with van der Waals surface area (Å²) in [5, 5.41) is 17.2. The third-order valence-electron chi connectivity index (χ3n) is 3.58. The van der Waals surface area contributed by atoms with Crippen molar-refractivity contribution >= 4 is 34.9 Å². The van der Waals surface area contributed by atoms with Crippen LogP contribution in [0.3, 0.4) is 0 Å². The molecular formula is C20H14ClN3O4. The van der Waals surface area contributed by atoms with Gasteiger partial charge >= 0.3 is 5.97 Å². The number of anilines is 1. The Bertz CT molecular complexity index is 1000. The van der Waals surface area contributed by atoms with E-state index in [1.165, 1.54) is 24.3 Å². The summed E-state index contributed by atoms with van der Waals surface area (Å²) in [4.78, 5) is 28.8. The second-order valence-electron chi connectivity index (χ2n) is 5.60. The van der Waals surface area contributed by atoms with Gasteiger partial charge in [0, 0.05) is 10.6 Å². The lowest BCUT2D eigenvalue weighted by Gasteiger charge is -2.06. The Morgan fingerprint density at radius 1 is 0.857 bits per heavy atom. The summed E-state index contributed by atoms with van der Waals surface area (Å²) in [6.45, 7) is 0. The minimum absolute atomic E-state index is 0.0633. The average molecular weight is 396 g/mol. The van der Waals surface area contributed by atoms with Gasteiger partial charge in [-0.3, -0.25) is 4.79 Å². The standard InChI is InChI=1S/C20H14ClN3O4/c21-15-5-1-14(2-6-15)20(27)28-24-17-9-7-16(8-10-17)22-23-19(26)13-3-11-18(25)12-4-13/h1-12,24-25H. The number of nitrogens with zero attached hydrogens (tertiary/aromatic N) is 2. The second kappa shape index (κ2) is 8.79. The molecule has 0 atom stereocenters. The first-order valence-electron chi connectivity index (χ1n) is 8.09. The highest BCUT2D eigenvalue weighted by Gasteiger charge is 2.07. The van der Waals surface area contributed by atoms with Crippen molar-refractivity contribution in [3.63, 3.8) is 0 Å². The number of hydrogen-bond acceptors (Lipinski definition) is 6. The molecule has 0 spiro atoms. The monoisotopic (exact) mass is 395 g/mol. The van der Waals surface area contributed by atoms with Gasteiger partial charge in [0.2, 0.25) is 0 Å². The molecule has 3 rings (SSSR count). The number of rotatable bonds is 5. The van der Waals surface area contributed by atoms with Gasteiger partial charge in [-0.2, -0.15) is 0 Å². The fourth-order valence-corrected chi connectivity index (χ4v) is 2.24. The van der Waals surface area contributed by atoms with Gasteiger partial charge in [0.15, 0.2) is 0 Å². The number of benzene rings is 3. The van der Waals surface area contributed by atoms with Crippen molar-refractivity contribution in [2.45, 2.75) is 0 Å². The Balaban J connectivity index is 1.55. The summed E-state index contributed by atoms with van der Waals surface area (Å²) in [7, 11) is 0. The largest absolute Gasteiger partial charge is 0.508 e. The van der Waals surface area contributed by atoms with Crippen molar-refractivity contribution in [2.75, 3.05) is 5.48 Å². The normalized spacial score (nSPS) is 10.6. The number of azo groups is 1. The molecule has 140 valence electrons. The van der Waals surface area contributed by atoms with Crippen molar-refractivity contribution < 1.29 is 19.5 Å². The van der Waals surface area contributed by atoms with E-state index in [0.717, 1.165) is 0 Å². The third-order valence-corrected chi connectivity index (χ3v) is 3.83. The number of nitrogens with one attached hydrogen (secondary N) is 1. The number of hydrogen-bond donors (Lipinski definition) is 2. The van der Waals surface area contributed by atoms with Gasteiger partial charge in [-0.15, -0.1) is 10.2 Å². The number of amides is 1. The molecule has 0 fully saturated rings. The van der Waals surface area contributed by atoms with Crippen molar-refractivity contribution in [3.8, 4) is 5.75 Å². The average Bonchev–Trinajstić information content (AvgIpc) is 2.72. The summed E-state index contributed by atoms with van der Waals surface area (Å²) in [5.74, 6) is -1.02. The van der Waals surface area contributed by atoms with Gasteiger partial charge < -0.3 is 9.94 Å². The third kappa shape index (κ3) is 5.15. The lowest BCUT2D eigenvalue weighted by atomic mass is 10.2. The molecule has 0 saturated heterocycles. The molecule has 0 aliphatic carbocycles. The highest BCUT2D eigenvalue weighted by Crippen LogP contribution is 2.18. The molecule has 0 radical (unpaired) electrons. The van der Waals surface area contributed by atoms with Gasteiger partial charge in [-0.25, -0.2) is 10.3 Å². The predicted molar refractivity (Wildman–Crippen MR) is 104 cm³/mol. The van der Waals surface area contributed by atoms with E-state index >= 15 is 0 Å². The molecule has 0 saturated carbocycles. The van der Waals surface area contributed by atoms with Crippen LogP contribution in [0.2, 0.25) is 5.02 Å². The first-order chi connectivity index (χ1) is 13.5. The number of phenols is 1. The van der Waals surface area contributed by atoms with E-state index in [4.69, 9.17) is 16.4 Å². The minimum Gasteiger partial charge on any atom is -0.508 e. The van der Waals surface area contributed by atoms with Crippen LogP contribution in [0.15, 0.2) is 83.0 Å². The molecule has 3 aromatic rings. The fraction of sp³-hybridized carbons (Fsp3) is 0. The fourth-order valence-electron chi connectivity index (χ4n) is 2.11. The zero-order chi connectivity index (χ0) is 19.9. The molecule has 28 heavy (non-hydrogen) atoms. The Morgan fingerprint density at radius 3 is 2.11 bits per heavy atom. The molecular weight excluding hydrogens is 382 g/mol. The lowest BCUT2D eigenvalue weighted by Crippen LogP contribution is -2.10. The molecule has 0 heterocycles. The second-order valence-corrected chi connectivity index (χ2v) is 6.03. The first-order valence-corrected chi connectivity index (χ1v) is 8.47. The topological polar surface area (TPSA) is 100 Å². The van der Waals surface area contributed by atoms with E-state index in [1.54, 1.807) is 48.5 Å². The molecule has 0 aliphatic rings. The molecule has 0 aromatic heterocycles. The number of phenolic OH excluding ortho intramolecular Hbond substituents is 1. The van der Waals surface area contributed by atoms with Gasteiger partial charge in [0.05, 0.1) is 16.9 Å². The van der Waals surface area contributed by atoms with E-state index in [9.17, 15) is 14.7 Å². The lowest BCUT2D eigenvalue weighted by molar-refractivity contribution is 0.0596. The minimum atomic E-state index is -0.556. The Labute approximate surface area is 165 Å². The molecule has 8 heteroatoms. The first kappa shape index (κ1) is 19.1. The van der Waals surface area contributed by atoms with Crippen molar-refractivity contribution in [1.82, 2.24) is 0 Å². The molecule has 0 unspecified atom stereocenters. The molecule has 1 amide bonds.